The van der Waals surface area contributed by atoms with Crippen LogP contribution in [0.5, 0.6) is 11.5 Å². The number of carbonyl (C=O) groups is 1. The van der Waals surface area contributed by atoms with Gasteiger partial charge in [0, 0.05) is 30.9 Å². The third kappa shape index (κ3) is 2.72. The molecule has 7 nitrogen and oxygen atoms in total. The number of carbonyl (C=O) groups excluding carboxylic acids is 1. The number of nitrogens with zero attached hydrogens (tertiary/aromatic N) is 2. The standard InChI is InChI=1S/C13H16N4O3/c1-17-7-9(6-14)12(16-17)15-13(19)8-3-4-11(20-2)10(18)5-8/h3-5,7,18H,6,14H2,1-2H3,(H,15,16,19). The maximum Gasteiger partial charge on any atom is 0.257 e. The number of aryl methyl sites for hydroxylation is 1. The lowest BCUT2D eigenvalue weighted by Gasteiger charge is -2.07. The fourth-order valence-corrected chi connectivity index (χ4v) is 1.80. The van der Waals surface area contributed by atoms with E-state index in [2.05, 4.69) is 10.4 Å². The molecule has 1 aromatic carbocycles. The highest BCUT2D eigenvalue weighted by atomic mass is 16.5. The van der Waals surface area contributed by atoms with Crippen molar-refractivity contribution in [2.75, 3.05) is 12.4 Å². The van der Waals surface area contributed by atoms with Crippen LogP contribution in [0.3, 0.4) is 0 Å². The number of benzene rings is 1. The number of hydrogen-bond donors (Lipinski definition) is 3. The van der Waals surface area contributed by atoms with Crippen molar-refractivity contribution in [1.29, 1.82) is 0 Å². The van der Waals surface area contributed by atoms with Gasteiger partial charge in [-0.05, 0) is 18.2 Å². The predicted octanol–water partition coefficient (Wildman–Crippen LogP) is 0.845. The Labute approximate surface area is 116 Å². The predicted molar refractivity (Wildman–Crippen MR) is 73.7 cm³/mol. The molecule has 0 spiro atoms. The molecule has 0 aliphatic heterocycles. The number of anilines is 1. The minimum atomic E-state index is -0.378. The van der Waals surface area contributed by atoms with Crippen LogP contribution in [0.4, 0.5) is 5.82 Å². The van der Waals surface area contributed by atoms with Crippen molar-refractivity contribution >= 4 is 11.7 Å². The molecule has 0 atom stereocenters. The summed E-state index contributed by atoms with van der Waals surface area (Å²) < 4.78 is 6.50. The number of phenols is 1. The van der Waals surface area contributed by atoms with E-state index in [0.717, 1.165) is 5.56 Å². The number of aromatic hydroxyl groups is 1. The van der Waals surface area contributed by atoms with Gasteiger partial charge in [-0.1, -0.05) is 0 Å². The highest BCUT2D eigenvalue weighted by Gasteiger charge is 2.13. The molecule has 0 bridgehead atoms. The summed E-state index contributed by atoms with van der Waals surface area (Å²) in [7, 11) is 3.18. The Bertz CT molecular complexity index is 637. The number of phenolic OH excluding ortho intramolecular Hbond substituents is 1. The summed E-state index contributed by atoms with van der Waals surface area (Å²) in [6, 6.07) is 4.41. The molecule has 2 aromatic rings. The zero-order valence-electron chi connectivity index (χ0n) is 11.3. The van der Waals surface area contributed by atoms with Crippen molar-refractivity contribution in [3.63, 3.8) is 0 Å². The lowest BCUT2D eigenvalue weighted by molar-refractivity contribution is 0.102. The minimum Gasteiger partial charge on any atom is -0.504 e. The van der Waals surface area contributed by atoms with Crippen LogP contribution >= 0.6 is 0 Å². The number of aromatic nitrogens is 2. The molecule has 0 saturated heterocycles. The van der Waals surface area contributed by atoms with E-state index in [-0.39, 0.29) is 18.2 Å². The van der Waals surface area contributed by atoms with Crippen LogP contribution in [0, 0.1) is 0 Å². The maximum absolute atomic E-state index is 12.1. The van der Waals surface area contributed by atoms with Gasteiger partial charge in [-0.3, -0.25) is 9.48 Å². The van der Waals surface area contributed by atoms with Gasteiger partial charge in [0.25, 0.3) is 5.91 Å². The number of nitrogens with two attached hydrogens (primary N) is 1. The number of methoxy groups -OCH3 is 1. The first-order chi connectivity index (χ1) is 9.55. The largest absolute Gasteiger partial charge is 0.504 e. The second kappa shape index (κ2) is 5.62. The molecule has 0 aliphatic rings. The van der Waals surface area contributed by atoms with Gasteiger partial charge in [-0.15, -0.1) is 0 Å². The Morgan fingerprint density at radius 1 is 1.55 bits per heavy atom. The summed E-state index contributed by atoms with van der Waals surface area (Å²) in [6.45, 7) is 0.275. The number of nitrogens with one attached hydrogen (secondary N) is 1. The Morgan fingerprint density at radius 3 is 2.90 bits per heavy atom. The van der Waals surface area contributed by atoms with E-state index < -0.39 is 0 Å². The van der Waals surface area contributed by atoms with Crippen molar-refractivity contribution in [3.05, 3.63) is 35.5 Å². The first-order valence-corrected chi connectivity index (χ1v) is 5.96. The zero-order valence-corrected chi connectivity index (χ0v) is 11.3. The van der Waals surface area contributed by atoms with Crippen LogP contribution in [0.15, 0.2) is 24.4 Å². The smallest absolute Gasteiger partial charge is 0.257 e. The Hall–Kier alpha value is -2.54. The van der Waals surface area contributed by atoms with E-state index >= 15 is 0 Å². The summed E-state index contributed by atoms with van der Waals surface area (Å²) >= 11 is 0. The van der Waals surface area contributed by atoms with Gasteiger partial charge in [0.1, 0.15) is 0 Å². The summed E-state index contributed by atoms with van der Waals surface area (Å²) in [5, 5.41) is 16.4. The molecule has 20 heavy (non-hydrogen) atoms. The number of amides is 1. The maximum atomic E-state index is 12.1. The van der Waals surface area contributed by atoms with Gasteiger partial charge >= 0.3 is 0 Å². The Morgan fingerprint density at radius 2 is 2.30 bits per heavy atom. The van der Waals surface area contributed by atoms with Gasteiger partial charge in [0.2, 0.25) is 0 Å². The second-order valence-electron chi connectivity index (χ2n) is 4.22. The van der Waals surface area contributed by atoms with Crippen LogP contribution in [-0.2, 0) is 13.6 Å². The third-order valence-corrected chi connectivity index (χ3v) is 2.80. The Kier molecular flexibility index (Phi) is 3.90. The molecule has 0 fully saturated rings. The van der Waals surface area contributed by atoms with Gasteiger partial charge in [-0.25, -0.2) is 0 Å². The van der Waals surface area contributed by atoms with Gasteiger partial charge in [0.05, 0.1) is 7.11 Å². The van der Waals surface area contributed by atoms with Crippen LogP contribution in [0.25, 0.3) is 0 Å². The molecular weight excluding hydrogens is 260 g/mol. The molecule has 2 rings (SSSR count). The normalized spacial score (nSPS) is 10.3. The molecule has 4 N–H and O–H groups in total. The van der Waals surface area contributed by atoms with Crippen molar-refractivity contribution in [1.82, 2.24) is 9.78 Å². The first-order valence-electron chi connectivity index (χ1n) is 5.96. The van der Waals surface area contributed by atoms with Gasteiger partial charge < -0.3 is 20.9 Å². The van der Waals surface area contributed by atoms with E-state index in [0.29, 0.717) is 17.1 Å². The van der Waals surface area contributed by atoms with Crippen LogP contribution < -0.4 is 15.8 Å². The minimum absolute atomic E-state index is 0.0970. The fourth-order valence-electron chi connectivity index (χ4n) is 1.80. The SMILES string of the molecule is COc1ccc(C(=O)Nc2nn(C)cc2CN)cc1O. The van der Waals surface area contributed by atoms with Gasteiger partial charge in [-0.2, -0.15) is 5.10 Å². The van der Waals surface area contributed by atoms with Crippen molar-refractivity contribution in [2.45, 2.75) is 6.54 Å². The van der Waals surface area contributed by atoms with E-state index in [1.54, 1.807) is 24.0 Å². The van der Waals surface area contributed by atoms with Crippen LogP contribution in [0.2, 0.25) is 0 Å². The fraction of sp³-hybridized carbons (Fsp3) is 0.231. The van der Waals surface area contributed by atoms with E-state index in [4.69, 9.17) is 10.5 Å². The van der Waals surface area contributed by atoms with E-state index in [9.17, 15) is 9.90 Å². The van der Waals surface area contributed by atoms with E-state index in [1.165, 1.54) is 19.2 Å². The highest BCUT2D eigenvalue weighted by molar-refractivity contribution is 6.04. The average Bonchev–Trinajstić information content (AvgIpc) is 2.78. The quantitative estimate of drug-likeness (QED) is 0.768. The Balaban J connectivity index is 2.21. The second-order valence-corrected chi connectivity index (χ2v) is 4.22. The highest BCUT2D eigenvalue weighted by Crippen LogP contribution is 2.26. The van der Waals surface area contributed by atoms with Crippen molar-refractivity contribution < 1.29 is 14.6 Å². The third-order valence-electron chi connectivity index (χ3n) is 2.80. The topological polar surface area (TPSA) is 102 Å². The molecule has 0 unspecified atom stereocenters. The molecule has 0 saturated carbocycles. The van der Waals surface area contributed by atoms with Crippen molar-refractivity contribution in [2.24, 2.45) is 12.8 Å². The molecule has 0 radical (unpaired) electrons. The molecule has 0 aliphatic carbocycles. The molecule has 7 heteroatoms. The summed E-state index contributed by atoms with van der Waals surface area (Å²) in [6.07, 6.45) is 1.74. The van der Waals surface area contributed by atoms with Crippen LogP contribution in [-0.4, -0.2) is 27.9 Å². The average molecular weight is 276 g/mol. The monoisotopic (exact) mass is 276 g/mol. The molecule has 1 amide bonds. The van der Waals surface area contributed by atoms with Crippen LogP contribution in [0.1, 0.15) is 15.9 Å². The van der Waals surface area contributed by atoms with Crippen molar-refractivity contribution in [3.8, 4) is 11.5 Å². The summed E-state index contributed by atoms with van der Waals surface area (Å²) in [5.41, 5.74) is 6.62. The lowest BCUT2D eigenvalue weighted by atomic mass is 10.2. The lowest BCUT2D eigenvalue weighted by Crippen LogP contribution is -2.14. The summed E-state index contributed by atoms with van der Waals surface area (Å²) in [4.78, 5) is 12.1. The number of hydrogen-bond acceptors (Lipinski definition) is 5. The number of ether oxygens (including phenoxy) is 1. The van der Waals surface area contributed by atoms with E-state index in [1.807, 2.05) is 0 Å². The molecule has 106 valence electrons. The summed E-state index contributed by atoms with van der Waals surface area (Å²) in [5.74, 6) is 0.244. The van der Waals surface area contributed by atoms with Gasteiger partial charge in [0.15, 0.2) is 17.3 Å². The number of rotatable bonds is 4. The molecule has 1 heterocycles. The zero-order chi connectivity index (χ0) is 14.7. The first kappa shape index (κ1) is 13.9. The molecule has 1 aromatic heterocycles. The molecular formula is C13H16N4O3.